The molecule has 0 spiro atoms. The summed E-state index contributed by atoms with van der Waals surface area (Å²) >= 11 is 0. The Balaban J connectivity index is 1.67. The second kappa shape index (κ2) is 7.27. The van der Waals surface area contributed by atoms with Gasteiger partial charge in [0.15, 0.2) is 5.82 Å². The van der Waals surface area contributed by atoms with Crippen molar-refractivity contribution in [2.24, 2.45) is 0 Å². The molecule has 134 valence electrons. The van der Waals surface area contributed by atoms with Crippen molar-refractivity contribution in [3.8, 4) is 11.5 Å². The molecule has 6 heteroatoms. The van der Waals surface area contributed by atoms with E-state index in [1.54, 1.807) is 0 Å². The van der Waals surface area contributed by atoms with Crippen LogP contribution in [0.5, 0.6) is 0 Å². The Morgan fingerprint density at radius 1 is 1.12 bits per heavy atom. The van der Waals surface area contributed by atoms with Crippen LogP contribution in [0.25, 0.3) is 11.5 Å². The Morgan fingerprint density at radius 2 is 1.88 bits per heavy atom. The molecule has 2 heterocycles. The fourth-order valence-corrected chi connectivity index (χ4v) is 3.31. The highest BCUT2D eigenvalue weighted by atomic mass is 16.5. The molecular formula is C20H23N5O. The highest BCUT2D eigenvalue weighted by molar-refractivity contribution is 5.78. The number of nitrogens with zero attached hydrogens (tertiary/aromatic N) is 4. The summed E-state index contributed by atoms with van der Waals surface area (Å²) in [5.41, 5.74) is 3.07. The van der Waals surface area contributed by atoms with Crippen LogP contribution in [0.1, 0.15) is 11.9 Å². The predicted octanol–water partition coefficient (Wildman–Crippen LogP) is 3.08. The molecule has 1 unspecified atom stereocenters. The fourth-order valence-electron chi connectivity index (χ4n) is 3.31. The number of likely N-dealkylation sites (N-methyl/N-ethyl adjacent to an activating group) is 1. The summed E-state index contributed by atoms with van der Waals surface area (Å²) < 4.78 is 5.64. The van der Waals surface area contributed by atoms with Gasteiger partial charge in [0.05, 0.1) is 17.3 Å². The van der Waals surface area contributed by atoms with Gasteiger partial charge in [-0.25, -0.2) is 0 Å². The molecule has 3 aromatic rings. The number of rotatable bonds is 4. The van der Waals surface area contributed by atoms with Crippen LogP contribution in [0.4, 0.5) is 11.4 Å². The van der Waals surface area contributed by atoms with Gasteiger partial charge in [-0.2, -0.15) is 4.98 Å². The van der Waals surface area contributed by atoms with E-state index in [1.807, 2.05) is 43.4 Å². The summed E-state index contributed by atoms with van der Waals surface area (Å²) in [6.45, 7) is 2.80. The first kappa shape index (κ1) is 16.8. The summed E-state index contributed by atoms with van der Waals surface area (Å²) in [5, 5.41) is 7.65. The van der Waals surface area contributed by atoms with Crippen molar-refractivity contribution >= 4 is 11.4 Å². The SMILES string of the molecule is CN(c1ccccc1)c1ccccc1-c1nc(C2CNCCN2C)no1. The maximum atomic E-state index is 5.64. The monoisotopic (exact) mass is 349 g/mol. The van der Waals surface area contributed by atoms with Crippen LogP contribution in [0.3, 0.4) is 0 Å². The van der Waals surface area contributed by atoms with Gasteiger partial charge in [0.2, 0.25) is 0 Å². The molecule has 1 saturated heterocycles. The topological polar surface area (TPSA) is 57.4 Å². The normalized spacial score (nSPS) is 18.0. The smallest absolute Gasteiger partial charge is 0.260 e. The standard InChI is InChI=1S/C20H23N5O/c1-24-13-12-21-14-18(24)19-22-20(26-23-19)16-10-6-7-11-17(16)25(2)15-8-4-3-5-9-15/h3-11,18,21H,12-14H2,1-2H3. The van der Waals surface area contributed by atoms with E-state index in [0.717, 1.165) is 42.4 Å². The number of piperazine rings is 1. The lowest BCUT2D eigenvalue weighted by molar-refractivity contribution is 0.190. The average molecular weight is 349 g/mol. The van der Waals surface area contributed by atoms with E-state index >= 15 is 0 Å². The molecule has 1 atom stereocenters. The van der Waals surface area contributed by atoms with Gasteiger partial charge in [-0.05, 0) is 31.3 Å². The lowest BCUT2D eigenvalue weighted by Gasteiger charge is -2.30. The molecular weight excluding hydrogens is 326 g/mol. The molecule has 1 aromatic heterocycles. The molecule has 2 aromatic carbocycles. The highest BCUT2D eigenvalue weighted by Gasteiger charge is 2.26. The van der Waals surface area contributed by atoms with Crippen molar-refractivity contribution in [1.82, 2.24) is 20.4 Å². The number of nitrogens with one attached hydrogen (secondary N) is 1. The Morgan fingerprint density at radius 3 is 2.69 bits per heavy atom. The Kier molecular flexibility index (Phi) is 4.69. The first-order valence-corrected chi connectivity index (χ1v) is 8.87. The van der Waals surface area contributed by atoms with E-state index in [4.69, 9.17) is 9.51 Å². The summed E-state index contributed by atoms with van der Waals surface area (Å²) in [4.78, 5) is 9.09. The minimum Gasteiger partial charge on any atom is -0.344 e. The van der Waals surface area contributed by atoms with Gasteiger partial charge >= 0.3 is 0 Å². The van der Waals surface area contributed by atoms with Crippen LogP contribution in [0.15, 0.2) is 59.1 Å². The third kappa shape index (κ3) is 3.21. The lowest BCUT2D eigenvalue weighted by atomic mass is 10.1. The second-order valence-corrected chi connectivity index (χ2v) is 6.57. The average Bonchev–Trinajstić information content (AvgIpc) is 3.18. The molecule has 0 radical (unpaired) electrons. The molecule has 0 aliphatic carbocycles. The van der Waals surface area contributed by atoms with Gasteiger partial charge in [-0.3, -0.25) is 4.90 Å². The zero-order valence-corrected chi connectivity index (χ0v) is 15.1. The van der Waals surface area contributed by atoms with E-state index in [9.17, 15) is 0 Å². The number of benzene rings is 2. The predicted molar refractivity (Wildman–Crippen MR) is 102 cm³/mol. The number of aromatic nitrogens is 2. The number of hydrogen-bond acceptors (Lipinski definition) is 6. The zero-order chi connectivity index (χ0) is 17.9. The Labute approximate surface area is 153 Å². The first-order valence-electron chi connectivity index (χ1n) is 8.87. The third-order valence-corrected chi connectivity index (χ3v) is 4.89. The van der Waals surface area contributed by atoms with Gasteiger partial charge < -0.3 is 14.7 Å². The Bertz CT molecular complexity index is 863. The molecule has 0 saturated carbocycles. The minimum absolute atomic E-state index is 0.139. The molecule has 1 aliphatic heterocycles. The minimum atomic E-state index is 0.139. The van der Waals surface area contributed by atoms with E-state index in [1.165, 1.54) is 0 Å². The maximum absolute atomic E-state index is 5.64. The summed E-state index contributed by atoms with van der Waals surface area (Å²) in [6, 6.07) is 18.5. The zero-order valence-electron chi connectivity index (χ0n) is 15.1. The van der Waals surface area contributed by atoms with Crippen molar-refractivity contribution < 1.29 is 4.52 Å². The second-order valence-electron chi connectivity index (χ2n) is 6.57. The van der Waals surface area contributed by atoms with Crippen LogP contribution in [0.2, 0.25) is 0 Å². The molecule has 0 amide bonds. The maximum Gasteiger partial charge on any atom is 0.260 e. The molecule has 1 aliphatic rings. The molecule has 1 N–H and O–H groups in total. The van der Waals surface area contributed by atoms with Gasteiger partial charge in [0.1, 0.15) is 0 Å². The van der Waals surface area contributed by atoms with Gasteiger partial charge in [-0.15, -0.1) is 0 Å². The number of anilines is 2. The Hall–Kier alpha value is -2.70. The quantitative estimate of drug-likeness (QED) is 0.781. The number of hydrogen-bond donors (Lipinski definition) is 1. The van der Waals surface area contributed by atoms with Crippen molar-refractivity contribution in [1.29, 1.82) is 0 Å². The van der Waals surface area contributed by atoms with Gasteiger partial charge in [-0.1, -0.05) is 35.5 Å². The summed E-state index contributed by atoms with van der Waals surface area (Å²) in [7, 11) is 4.14. The van der Waals surface area contributed by atoms with Gasteiger partial charge in [0, 0.05) is 32.4 Å². The van der Waals surface area contributed by atoms with Crippen LogP contribution < -0.4 is 10.2 Å². The van der Waals surface area contributed by atoms with Crippen LogP contribution in [-0.4, -0.2) is 48.8 Å². The van der Waals surface area contributed by atoms with E-state index in [0.29, 0.717) is 5.89 Å². The first-order chi connectivity index (χ1) is 12.7. The molecule has 4 rings (SSSR count). The largest absolute Gasteiger partial charge is 0.344 e. The van der Waals surface area contributed by atoms with Crippen molar-refractivity contribution in [2.75, 3.05) is 38.6 Å². The molecule has 6 nitrogen and oxygen atoms in total. The lowest BCUT2D eigenvalue weighted by Crippen LogP contribution is -2.44. The van der Waals surface area contributed by atoms with Gasteiger partial charge in [0.25, 0.3) is 5.89 Å². The van der Waals surface area contributed by atoms with Crippen LogP contribution in [-0.2, 0) is 0 Å². The summed E-state index contributed by atoms with van der Waals surface area (Å²) in [5.74, 6) is 1.28. The van der Waals surface area contributed by atoms with E-state index < -0.39 is 0 Å². The van der Waals surface area contributed by atoms with Crippen molar-refractivity contribution in [2.45, 2.75) is 6.04 Å². The van der Waals surface area contributed by atoms with E-state index in [-0.39, 0.29) is 6.04 Å². The van der Waals surface area contributed by atoms with Crippen molar-refractivity contribution in [3.05, 3.63) is 60.4 Å². The third-order valence-electron chi connectivity index (χ3n) is 4.89. The van der Waals surface area contributed by atoms with Crippen LogP contribution >= 0.6 is 0 Å². The molecule has 0 bridgehead atoms. The summed E-state index contributed by atoms with van der Waals surface area (Å²) in [6.07, 6.45) is 0. The van der Waals surface area contributed by atoms with E-state index in [2.05, 4.69) is 45.5 Å². The fraction of sp³-hybridized carbons (Fsp3) is 0.300. The molecule has 26 heavy (non-hydrogen) atoms. The number of para-hydroxylation sites is 2. The van der Waals surface area contributed by atoms with Crippen LogP contribution in [0, 0.1) is 0 Å². The van der Waals surface area contributed by atoms with Crippen molar-refractivity contribution in [3.63, 3.8) is 0 Å². The molecule has 1 fully saturated rings. The highest BCUT2D eigenvalue weighted by Crippen LogP contribution is 2.33.